The van der Waals surface area contributed by atoms with Gasteiger partial charge in [-0.15, -0.1) is 0 Å². The smallest absolute Gasteiger partial charge is 0.337 e. The molecule has 2 aromatic carbocycles. The Balaban J connectivity index is 1.45. The molecule has 2 atom stereocenters. The molecular weight excluding hydrogens is 510 g/mol. The third-order valence-corrected chi connectivity index (χ3v) is 7.09. The third-order valence-electron chi connectivity index (χ3n) is 6.74. The zero-order chi connectivity index (χ0) is 27.4. The molecule has 0 radical (unpaired) electrons. The van der Waals surface area contributed by atoms with Crippen LogP contribution in [-0.4, -0.2) is 45.1 Å². The van der Waals surface area contributed by atoms with Gasteiger partial charge < -0.3 is 24.8 Å². The number of esters is 1. The van der Waals surface area contributed by atoms with Gasteiger partial charge in [0.15, 0.2) is 5.11 Å². The lowest BCUT2D eigenvalue weighted by Gasteiger charge is -2.29. The van der Waals surface area contributed by atoms with E-state index in [1.807, 2.05) is 89.3 Å². The van der Waals surface area contributed by atoms with E-state index in [1.165, 1.54) is 7.11 Å². The summed E-state index contributed by atoms with van der Waals surface area (Å²) in [5.41, 5.74) is 4.94. The number of carbonyl (C=O) groups excluding carboxylic acids is 2. The molecule has 9 heteroatoms. The second-order valence-corrected chi connectivity index (χ2v) is 9.72. The number of benzene rings is 2. The summed E-state index contributed by atoms with van der Waals surface area (Å²) in [4.78, 5) is 31.7. The van der Waals surface area contributed by atoms with Gasteiger partial charge in [-0.05, 0) is 73.7 Å². The second-order valence-electron chi connectivity index (χ2n) is 9.33. The predicted molar refractivity (Wildman–Crippen MR) is 154 cm³/mol. The fourth-order valence-corrected chi connectivity index (χ4v) is 5.15. The Hall–Kier alpha value is -4.50. The van der Waals surface area contributed by atoms with Crippen molar-refractivity contribution < 1.29 is 14.3 Å². The predicted octanol–water partition coefficient (Wildman–Crippen LogP) is 4.97. The molecule has 4 aromatic rings. The van der Waals surface area contributed by atoms with Gasteiger partial charge in [-0.2, -0.15) is 0 Å². The Kier molecular flexibility index (Phi) is 7.69. The van der Waals surface area contributed by atoms with Crippen LogP contribution in [0.3, 0.4) is 0 Å². The highest BCUT2D eigenvalue weighted by Crippen LogP contribution is 2.39. The van der Waals surface area contributed by atoms with Crippen LogP contribution in [0.4, 0.5) is 5.69 Å². The van der Waals surface area contributed by atoms with Crippen molar-refractivity contribution in [3.8, 4) is 5.69 Å². The van der Waals surface area contributed by atoms with E-state index in [4.69, 9.17) is 17.0 Å². The van der Waals surface area contributed by atoms with Crippen LogP contribution in [0.25, 0.3) is 5.69 Å². The number of ether oxygens (including phenoxy) is 1. The second kappa shape index (κ2) is 11.5. The van der Waals surface area contributed by atoms with Crippen LogP contribution in [0.2, 0.25) is 0 Å². The van der Waals surface area contributed by atoms with Gasteiger partial charge in [0.05, 0.1) is 30.5 Å². The number of thiocarbonyl (C=S) groups is 1. The molecule has 0 unspecified atom stereocenters. The lowest BCUT2D eigenvalue weighted by atomic mass is 10.0. The molecule has 39 heavy (non-hydrogen) atoms. The molecule has 0 saturated carbocycles. The zero-order valence-electron chi connectivity index (χ0n) is 21.7. The molecule has 0 aliphatic carbocycles. The van der Waals surface area contributed by atoms with E-state index in [9.17, 15) is 9.59 Å². The molecule has 3 heterocycles. The summed E-state index contributed by atoms with van der Waals surface area (Å²) in [6.45, 7) is 2.41. The number of aryl methyl sites for hydroxylation is 1. The Morgan fingerprint density at radius 1 is 1.05 bits per heavy atom. The van der Waals surface area contributed by atoms with Gasteiger partial charge in [0.1, 0.15) is 0 Å². The molecule has 1 aliphatic heterocycles. The Morgan fingerprint density at radius 2 is 1.87 bits per heavy atom. The summed E-state index contributed by atoms with van der Waals surface area (Å²) in [7, 11) is 1.37. The molecule has 198 valence electrons. The van der Waals surface area contributed by atoms with E-state index in [0.717, 1.165) is 28.3 Å². The Bertz CT molecular complexity index is 1490. The van der Waals surface area contributed by atoms with Crippen molar-refractivity contribution >= 4 is 34.9 Å². The Labute approximate surface area is 232 Å². The highest BCUT2D eigenvalue weighted by molar-refractivity contribution is 7.80. The third kappa shape index (κ3) is 5.68. The van der Waals surface area contributed by atoms with Gasteiger partial charge in [0, 0.05) is 42.4 Å². The number of carbonyl (C=O) groups is 2. The lowest BCUT2D eigenvalue weighted by molar-refractivity contribution is -0.116. The van der Waals surface area contributed by atoms with E-state index in [-0.39, 0.29) is 24.4 Å². The number of pyridine rings is 1. The average molecular weight is 540 g/mol. The standard InChI is InChI=1S/C30H29N5O3S/c1-20-11-13-22(14-12-20)32-26(36)15-18-35-28(27(33-30(35)39)24-9-3-4-16-31-24)25-10-6-17-34(25)23-8-5-7-21(19-23)29(37)38-2/h3-14,16-17,19,27-28H,15,18H2,1-2H3,(H,32,36)(H,33,39)/t27-,28-/m0/s1. The maximum Gasteiger partial charge on any atom is 0.337 e. The van der Waals surface area contributed by atoms with E-state index in [0.29, 0.717) is 17.2 Å². The van der Waals surface area contributed by atoms with E-state index < -0.39 is 5.97 Å². The van der Waals surface area contributed by atoms with E-state index in [2.05, 4.69) is 15.6 Å². The molecule has 0 bridgehead atoms. The number of rotatable bonds is 8. The van der Waals surface area contributed by atoms with Crippen LogP contribution in [0.1, 0.15) is 45.8 Å². The van der Waals surface area contributed by atoms with Gasteiger partial charge >= 0.3 is 5.97 Å². The van der Waals surface area contributed by atoms with Crippen LogP contribution < -0.4 is 10.6 Å². The normalized spacial score (nSPS) is 16.6. The largest absolute Gasteiger partial charge is 0.465 e. The summed E-state index contributed by atoms with van der Waals surface area (Å²) in [6.07, 6.45) is 3.96. The van der Waals surface area contributed by atoms with Crippen molar-refractivity contribution in [3.05, 3.63) is 114 Å². The van der Waals surface area contributed by atoms with Crippen molar-refractivity contribution in [1.29, 1.82) is 0 Å². The van der Waals surface area contributed by atoms with Gasteiger partial charge in [-0.3, -0.25) is 9.78 Å². The van der Waals surface area contributed by atoms with Crippen molar-refractivity contribution in [3.63, 3.8) is 0 Å². The molecule has 2 N–H and O–H groups in total. The maximum absolute atomic E-state index is 12.9. The summed E-state index contributed by atoms with van der Waals surface area (Å²) >= 11 is 5.78. The van der Waals surface area contributed by atoms with E-state index in [1.54, 1.807) is 18.3 Å². The number of methoxy groups -OCH3 is 1. The monoisotopic (exact) mass is 539 g/mol. The molecule has 2 aromatic heterocycles. The van der Waals surface area contributed by atoms with Crippen molar-refractivity contribution in [2.45, 2.75) is 25.4 Å². The molecule has 0 spiro atoms. The fraction of sp³-hybridized carbons (Fsp3) is 0.200. The summed E-state index contributed by atoms with van der Waals surface area (Å²) in [5.74, 6) is -0.496. The number of anilines is 1. The molecule has 1 saturated heterocycles. The first-order valence-corrected chi connectivity index (χ1v) is 13.1. The first-order valence-electron chi connectivity index (χ1n) is 12.6. The summed E-state index contributed by atoms with van der Waals surface area (Å²) in [6, 6.07) is 24.3. The van der Waals surface area contributed by atoms with Crippen molar-refractivity contribution in [2.24, 2.45) is 0 Å². The lowest BCUT2D eigenvalue weighted by Crippen LogP contribution is -2.33. The number of nitrogens with one attached hydrogen (secondary N) is 2. The van der Waals surface area contributed by atoms with Crippen LogP contribution in [-0.2, 0) is 9.53 Å². The maximum atomic E-state index is 12.9. The molecule has 8 nitrogen and oxygen atoms in total. The summed E-state index contributed by atoms with van der Waals surface area (Å²) in [5, 5.41) is 6.95. The summed E-state index contributed by atoms with van der Waals surface area (Å²) < 4.78 is 6.95. The molecule has 1 fully saturated rings. The molecule has 5 rings (SSSR count). The molecule has 1 amide bonds. The fourth-order valence-electron chi connectivity index (χ4n) is 4.82. The van der Waals surface area contributed by atoms with E-state index >= 15 is 0 Å². The SMILES string of the molecule is COC(=O)c1cccc(-n2cccc2[C@H]2[C@H](c3ccccn3)NC(=S)N2CCC(=O)Nc2ccc(C)cc2)c1. The van der Waals surface area contributed by atoms with Crippen LogP contribution in [0, 0.1) is 6.92 Å². The van der Waals surface area contributed by atoms with Crippen molar-refractivity contribution in [1.82, 2.24) is 19.8 Å². The Morgan fingerprint density at radius 3 is 2.62 bits per heavy atom. The zero-order valence-corrected chi connectivity index (χ0v) is 22.5. The van der Waals surface area contributed by atoms with Gasteiger partial charge in [0.25, 0.3) is 0 Å². The van der Waals surface area contributed by atoms with Gasteiger partial charge in [-0.25, -0.2) is 4.79 Å². The molecule has 1 aliphatic rings. The number of hydrogen-bond acceptors (Lipinski definition) is 5. The van der Waals surface area contributed by atoms with Crippen molar-refractivity contribution in [2.75, 3.05) is 19.0 Å². The minimum Gasteiger partial charge on any atom is -0.465 e. The molecular formula is C30H29N5O3S. The first-order chi connectivity index (χ1) is 18.9. The van der Waals surface area contributed by atoms with Crippen LogP contribution >= 0.6 is 12.2 Å². The average Bonchev–Trinajstić information content (AvgIpc) is 3.57. The van der Waals surface area contributed by atoms with Gasteiger partial charge in [-0.1, -0.05) is 29.8 Å². The number of amides is 1. The van der Waals surface area contributed by atoms with Gasteiger partial charge in [0.2, 0.25) is 5.91 Å². The number of hydrogen-bond donors (Lipinski definition) is 2. The van der Waals surface area contributed by atoms with Crippen LogP contribution in [0.5, 0.6) is 0 Å². The topological polar surface area (TPSA) is 88.5 Å². The highest BCUT2D eigenvalue weighted by atomic mass is 32.1. The quantitative estimate of drug-likeness (QED) is 0.241. The highest BCUT2D eigenvalue weighted by Gasteiger charge is 2.41. The number of nitrogens with zero attached hydrogens (tertiary/aromatic N) is 3. The minimum absolute atomic E-state index is 0.0946. The minimum atomic E-state index is -0.401. The number of aromatic nitrogens is 2. The van der Waals surface area contributed by atoms with Crippen LogP contribution in [0.15, 0.2) is 91.3 Å². The first kappa shape index (κ1) is 26.1.